The fourth-order valence-electron chi connectivity index (χ4n) is 2.97. The number of hydrogen-bond donors (Lipinski definition) is 4. The molecule has 134 valence electrons. The van der Waals surface area contributed by atoms with Crippen LogP contribution in [-0.2, 0) is 0 Å². The lowest BCUT2D eigenvalue weighted by Crippen LogP contribution is -2.24. The Morgan fingerprint density at radius 3 is 2.69 bits per heavy atom. The van der Waals surface area contributed by atoms with Gasteiger partial charge < -0.3 is 20.9 Å². The maximum Gasteiger partial charge on any atom is 0.261 e. The summed E-state index contributed by atoms with van der Waals surface area (Å²) in [5.74, 6) is 0.857. The minimum absolute atomic E-state index is 0.253. The van der Waals surface area contributed by atoms with Crippen LogP contribution in [0.3, 0.4) is 0 Å². The molecule has 1 aromatic carbocycles. The quantitative estimate of drug-likeness (QED) is 0.546. The summed E-state index contributed by atoms with van der Waals surface area (Å²) in [4.78, 5) is 24.0. The van der Waals surface area contributed by atoms with E-state index in [4.69, 9.17) is 23.2 Å². The number of halogens is 2. The third kappa shape index (κ3) is 3.60. The van der Waals surface area contributed by atoms with Crippen LogP contribution in [0.5, 0.6) is 0 Å². The topological polar surface area (TPSA) is 94.7 Å². The second-order valence-corrected chi connectivity index (χ2v) is 6.95. The van der Waals surface area contributed by atoms with Crippen molar-refractivity contribution in [2.24, 2.45) is 0 Å². The Hall–Kier alpha value is -2.35. The standard InChI is InChI=1S/C17H16Cl2N6O/c18-9-5-10(19)7-12(6-9)22-15-14-13(2-4-21-16(14)26)24-17(25-15)23-11-1-3-20-8-11/h2,4-7,11,20H,1,3,8H2,(H,21,26)(H2,22,23,24,25)/t11-/m1/s1. The van der Waals surface area contributed by atoms with Crippen molar-refractivity contribution in [3.63, 3.8) is 0 Å². The minimum Gasteiger partial charge on any atom is -0.350 e. The lowest BCUT2D eigenvalue weighted by atomic mass is 10.2. The van der Waals surface area contributed by atoms with Crippen LogP contribution >= 0.6 is 23.2 Å². The average molecular weight is 391 g/mol. The second-order valence-electron chi connectivity index (χ2n) is 6.08. The number of nitrogens with zero attached hydrogens (tertiary/aromatic N) is 2. The Labute approximate surface area is 159 Å². The maximum absolute atomic E-state index is 12.3. The number of fused-ring (bicyclic) bond motifs is 1. The summed E-state index contributed by atoms with van der Waals surface area (Å²) in [6.45, 7) is 1.81. The van der Waals surface area contributed by atoms with Gasteiger partial charge in [0.15, 0.2) is 0 Å². The second kappa shape index (κ2) is 7.11. The number of nitrogens with one attached hydrogen (secondary N) is 4. The summed E-state index contributed by atoms with van der Waals surface area (Å²) in [5.41, 5.74) is 0.916. The van der Waals surface area contributed by atoms with Gasteiger partial charge >= 0.3 is 0 Å². The van der Waals surface area contributed by atoms with Crippen molar-refractivity contribution in [1.29, 1.82) is 0 Å². The number of anilines is 3. The summed E-state index contributed by atoms with van der Waals surface area (Å²) < 4.78 is 0. The SMILES string of the molecule is O=c1[nH]ccc2nc(N[C@@H]3CCNC3)nc(Nc3cc(Cl)cc(Cl)c3)c12. The lowest BCUT2D eigenvalue weighted by Gasteiger charge is -2.14. The van der Waals surface area contributed by atoms with Crippen molar-refractivity contribution < 1.29 is 0 Å². The number of aromatic amines is 1. The predicted octanol–water partition coefficient (Wildman–Crippen LogP) is 3.14. The Bertz CT molecular complexity index is 996. The first kappa shape index (κ1) is 17.1. The number of benzene rings is 1. The van der Waals surface area contributed by atoms with Crippen molar-refractivity contribution in [2.75, 3.05) is 23.7 Å². The van der Waals surface area contributed by atoms with Crippen molar-refractivity contribution in [2.45, 2.75) is 12.5 Å². The van der Waals surface area contributed by atoms with Crippen LogP contribution in [0, 0.1) is 0 Å². The Morgan fingerprint density at radius 2 is 1.96 bits per heavy atom. The normalized spacial score (nSPS) is 16.8. The van der Waals surface area contributed by atoms with Gasteiger partial charge in [-0.25, -0.2) is 4.98 Å². The van der Waals surface area contributed by atoms with Crippen LogP contribution in [0.25, 0.3) is 10.9 Å². The van der Waals surface area contributed by atoms with E-state index >= 15 is 0 Å². The van der Waals surface area contributed by atoms with Gasteiger partial charge in [0.25, 0.3) is 5.56 Å². The summed E-state index contributed by atoms with van der Waals surface area (Å²) >= 11 is 12.1. The van der Waals surface area contributed by atoms with Crippen LogP contribution < -0.4 is 21.5 Å². The summed E-state index contributed by atoms with van der Waals surface area (Å²) in [6.07, 6.45) is 2.56. The van der Waals surface area contributed by atoms with E-state index < -0.39 is 0 Å². The first-order chi connectivity index (χ1) is 12.6. The van der Waals surface area contributed by atoms with Crippen molar-refractivity contribution in [1.82, 2.24) is 20.3 Å². The maximum atomic E-state index is 12.3. The molecule has 1 atom stereocenters. The van der Waals surface area contributed by atoms with Gasteiger partial charge in [0.1, 0.15) is 11.2 Å². The molecule has 2 aromatic heterocycles. The molecular weight excluding hydrogens is 375 g/mol. The van der Waals surface area contributed by atoms with Crippen molar-refractivity contribution in [3.8, 4) is 0 Å². The van der Waals surface area contributed by atoms with Crippen LogP contribution in [-0.4, -0.2) is 34.1 Å². The molecule has 3 aromatic rings. The van der Waals surface area contributed by atoms with Crippen LogP contribution in [0.4, 0.5) is 17.5 Å². The van der Waals surface area contributed by atoms with Gasteiger partial charge in [-0.3, -0.25) is 4.79 Å². The monoisotopic (exact) mass is 390 g/mol. The van der Waals surface area contributed by atoms with E-state index in [2.05, 4.69) is 30.9 Å². The van der Waals surface area contributed by atoms with Crippen molar-refractivity contribution >= 4 is 51.6 Å². The van der Waals surface area contributed by atoms with E-state index in [-0.39, 0.29) is 11.6 Å². The molecule has 0 bridgehead atoms. The van der Waals surface area contributed by atoms with Gasteiger partial charge in [-0.2, -0.15) is 4.98 Å². The summed E-state index contributed by atoms with van der Waals surface area (Å²) in [7, 11) is 0. The molecule has 0 aliphatic carbocycles. The first-order valence-electron chi connectivity index (χ1n) is 8.18. The highest BCUT2D eigenvalue weighted by molar-refractivity contribution is 6.35. The van der Waals surface area contributed by atoms with E-state index in [1.54, 1.807) is 30.5 Å². The number of hydrogen-bond acceptors (Lipinski definition) is 6. The highest BCUT2D eigenvalue weighted by Crippen LogP contribution is 2.27. The third-order valence-corrected chi connectivity index (χ3v) is 4.57. The molecule has 7 nitrogen and oxygen atoms in total. The van der Waals surface area contributed by atoms with E-state index in [0.29, 0.717) is 38.4 Å². The Morgan fingerprint density at radius 1 is 1.15 bits per heavy atom. The molecule has 0 spiro atoms. The van der Waals surface area contributed by atoms with Gasteiger partial charge in [-0.1, -0.05) is 23.2 Å². The molecule has 1 saturated heterocycles. The van der Waals surface area contributed by atoms with E-state index in [1.807, 2.05) is 0 Å². The molecule has 1 aliphatic rings. The zero-order chi connectivity index (χ0) is 18.1. The minimum atomic E-state index is -0.271. The molecule has 0 unspecified atom stereocenters. The van der Waals surface area contributed by atoms with Crippen LogP contribution in [0.2, 0.25) is 10.0 Å². The molecule has 0 amide bonds. The third-order valence-electron chi connectivity index (χ3n) is 4.14. The molecule has 0 radical (unpaired) electrons. The molecule has 26 heavy (non-hydrogen) atoms. The van der Waals surface area contributed by atoms with Crippen LogP contribution in [0.15, 0.2) is 35.3 Å². The molecule has 4 rings (SSSR count). The number of pyridine rings is 1. The smallest absolute Gasteiger partial charge is 0.261 e. The van der Waals surface area contributed by atoms with Gasteiger partial charge in [-0.15, -0.1) is 0 Å². The largest absolute Gasteiger partial charge is 0.350 e. The van der Waals surface area contributed by atoms with Gasteiger partial charge in [0, 0.05) is 34.5 Å². The fourth-order valence-corrected chi connectivity index (χ4v) is 3.50. The van der Waals surface area contributed by atoms with Gasteiger partial charge in [-0.05, 0) is 37.2 Å². The summed E-state index contributed by atoms with van der Waals surface area (Å²) in [6, 6.07) is 7.06. The zero-order valence-corrected chi connectivity index (χ0v) is 15.2. The highest BCUT2D eigenvalue weighted by atomic mass is 35.5. The Kier molecular flexibility index (Phi) is 4.67. The predicted molar refractivity (Wildman–Crippen MR) is 105 cm³/mol. The van der Waals surface area contributed by atoms with E-state index in [1.165, 1.54) is 0 Å². The van der Waals surface area contributed by atoms with Crippen LogP contribution in [0.1, 0.15) is 6.42 Å². The average Bonchev–Trinajstić information content (AvgIpc) is 3.06. The fraction of sp³-hybridized carbons (Fsp3) is 0.235. The van der Waals surface area contributed by atoms with E-state index in [9.17, 15) is 4.79 Å². The highest BCUT2D eigenvalue weighted by Gasteiger charge is 2.17. The number of H-pyrrole nitrogens is 1. The molecule has 4 N–H and O–H groups in total. The Balaban J connectivity index is 1.78. The molecular formula is C17H16Cl2N6O. The van der Waals surface area contributed by atoms with Gasteiger partial charge in [0.2, 0.25) is 5.95 Å². The van der Waals surface area contributed by atoms with Gasteiger partial charge in [0.05, 0.1) is 5.52 Å². The molecule has 1 aliphatic heterocycles. The molecule has 1 fully saturated rings. The zero-order valence-electron chi connectivity index (χ0n) is 13.6. The molecule has 9 heteroatoms. The summed E-state index contributed by atoms with van der Waals surface area (Å²) in [5, 5.41) is 11.1. The number of aromatic nitrogens is 3. The lowest BCUT2D eigenvalue weighted by molar-refractivity contribution is 0.782. The first-order valence-corrected chi connectivity index (χ1v) is 8.94. The van der Waals surface area contributed by atoms with Crippen molar-refractivity contribution in [3.05, 3.63) is 50.9 Å². The molecule has 0 saturated carbocycles. The van der Waals surface area contributed by atoms with E-state index in [0.717, 1.165) is 19.5 Å². The molecule has 3 heterocycles. The number of rotatable bonds is 4.